The molecule has 2 unspecified atom stereocenters. The van der Waals surface area contributed by atoms with Gasteiger partial charge in [-0.2, -0.15) is 0 Å². The first kappa shape index (κ1) is 20.0. The van der Waals surface area contributed by atoms with Crippen molar-refractivity contribution in [3.63, 3.8) is 0 Å². The first-order chi connectivity index (χ1) is 11.0. The molecular formula is C17H22ClNO5. The van der Waals surface area contributed by atoms with E-state index in [1.54, 1.807) is 45.0 Å². The number of nitrogens with one attached hydrogen (secondary N) is 1. The molecule has 0 aliphatic rings. The molecule has 7 heteroatoms. The highest BCUT2D eigenvalue weighted by Gasteiger charge is 2.29. The summed E-state index contributed by atoms with van der Waals surface area (Å²) in [7, 11) is 0. The molecular weight excluding hydrogens is 334 g/mol. The highest BCUT2D eigenvalue weighted by molar-refractivity contribution is 6.30. The second kappa shape index (κ2) is 8.15. The molecule has 0 saturated heterocycles. The van der Waals surface area contributed by atoms with Crippen LogP contribution in [0, 0.1) is 0 Å². The zero-order chi connectivity index (χ0) is 18.5. The number of ketones is 1. The summed E-state index contributed by atoms with van der Waals surface area (Å²) in [6.45, 7) is 6.41. The van der Waals surface area contributed by atoms with Gasteiger partial charge in [0.15, 0.2) is 0 Å². The summed E-state index contributed by atoms with van der Waals surface area (Å²) < 4.78 is 5.07. The Morgan fingerprint density at radius 3 is 2.17 bits per heavy atom. The molecule has 0 saturated carbocycles. The van der Waals surface area contributed by atoms with Crippen LogP contribution < -0.4 is 5.32 Å². The molecule has 2 N–H and O–H groups in total. The molecule has 0 heterocycles. The fourth-order valence-electron chi connectivity index (χ4n) is 2.14. The van der Waals surface area contributed by atoms with E-state index in [9.17, 15) is 19.5 Å². The summed E-state index contributed by atoms with van der Waals surface area (Å²) in [6.07, 6.45) is -0.917. The fourth-order valence-corrected chi connectivity index (χ4v) is 2.26. The van der Waals surface area contributed by atoms with E-state index in [0.29, 0.717) is 10.6 Å². The second-order valence-corrected chi connectivity index (χ2v) is 6.92. The lowest BCUT2D eigenvalue weighted by Crippen LogP contribution is -2.44. The van der Waals surface area contributed by atoms with Crippen molar-refractivity contribution in [2.75, 3.05) is 0 Å². The van der Waals surface area contributed by atoms with Crippen LogP contribution in [0.5, 0.6) is 0 Å². The summed E-state index contributed by atoms with van der Waals surface area (Å²) in [5, 5.41) is 12.2. The van der Waals surface area contributed by atoms with Crippen molar-refractivity contribution in [3.8, 4) is 0 Å². The van der Waals surface area contributed by atoms with Gasteiger partial charge in [-0.05, 0) is 51.8 Å². The zero-order valence-corrected chi connectivity index (χ0v) is 14.9. The lowest BCUT2D eigenvalue weighted by atomic mass is 9.89. The van der Waals surface area contributed by atoms with Crippen LogP contribution in [-0.2, 0) is 14.3 Å². The largest absolute Gasteiger partial charge is 0.480 e. The van der Waals surface area contributed by atoms with Crippen LogP contribution in [-0.4, -0.2) is 34.6 Å². The number of carbonyl (C=O) groups is 3. The van der Waals surface area contributed by atoms with Crippen LogP contribution in [0.2, 0.25) is 5.02 Å². The van der Waals surface area contributed by atoms with Crippen molar-refractivity contribution >= 4 is 29.4 Å². The van der Waals surface area contributed by atoms with Crippen LogP contribution in [0.1, 0.15) is 45.6 Å². The summed E-state index contributed by atoms with van der Waals surface area (Å²) in [5.41, 5.74) is -0.104. The molecule has 1 amide bonds. The minimum Gasteiger partial charge on any atom is -0.480 e. The van der Waals surface area contributed by atoms with Gasteiger partial charge in [-0.1, -0.05) is 23.7 Å². The number of aliphatic carboxylic acids is 1. The van der Waals surface area contributed by atoms with Crippen molar-refractivity contribution in [1.29, 1.82) is 0 Å². The monoisotopic (exact) mass is 355 g/mol. The van der Waals surface area contributed by atoms with Crippen molar-refractivity contribution < 1.29 is 24.2 Å². The Labute approximate surface area is 146 Å². The quantitative estimate of drug-likeness (QED) is 0.816. The molecule has 0 spiro atoms. The van der Waals surface area contributed by atoms with Gasteiger partial charge in [-0.3, -0.25) is 4.79 Å². The molecule has 0 aliphatic heterocycles. The lowest BCUT2D eigenvalue weighted by molar-refractivity contribution is -0.139. The highest BCUT2D eigenvalue weighted by Crippen LogP contribution is 2.24. The maximum Gasteiger partial charge on any atom is 0.408 e. The fraction of sp³-hybridized carbons (Fsp3) is 0.471. The van der Waals surface area contributed by atoms with E-state index >= 15 is 0 Å². The van der Waals surface area contributed by atoms with Gasteiger partial charge in [0.25, 0.3) is 0 Å². The number of halogens is 1. The Balaban J connectivity index is 2.91. The van der Waals surface area contributed by atoms with E-state index in [4.69, 9.17) is 16.3 Å². The Bertz CT molecular complexity index is 606. The molecule has 0 bridgehead atoms. The molecule has 0 aliphatic carbocycles. The number of Topliss-reactive ketones (excluding diaryl/α,β-unsaturated/α-hetero) is 1. The van der Waals surface area contributed by atoms with Gasteiger partial charge in [0.2, 0.25) is 0 Å². The Kier molecular flexibility index (Phi) is 6.78. The van der Waals surface area contributed by atoms with Crippen molar-refractivity contribution in [2.45, 2.75) is 51.7 Å². The average Bonchev–Trinajstić information content (AvgIpc) is 2.42. The molecule has 1 rings (SSSR count). The third-order valence-electron chi connectivity index (χ3n) is 3.22. The molecule has 24 heavy (non-hydrogen) atoms. The number of amides is 1. The molecule has 6 nitrogen and oxygen atoms in total. The van der Waals surface area contributed by atoms with Crippen molar-refractivity contribution in [2.24, 2.45) is 0 Å². The average molecular weight is 356 g/mol. The second-order valence-electron chi connectivity index (χ2n) is 6.49. The van der Waals surface area contributed by atoms with E-state index < -0.39 is 29.6 Å². The van der Waals surface area contributed by atoms with Gasteiger partial charge in [0.1, 0.15) is 17.4 Å². The standard InChI is InChI=1S/C17H22ClNO5/c1-10(20)13(11-5-7-12(18)8-6-11)9-14(15(21)22)19-16(23)24-17(2,3)4/h5-8,13-14H,9H2,1-4H3,(H,19,23)(H,21,22). The molecule has 132 valence electrons. The minimum absolute atomic E-state index is 0.0778. The number of carboxylic acid groups (broad SMARTS) is 1. The third kappa shape index (κ3) is 6.58. The Morgan fingerprint density at radius 2 is 1.75 bits per heavy atom. The number of rotatable bonds is 6. The first-order valence-corrected chi connectivity index (χ1v) is 7.85. The summed E-state index contributed by atoms with van der Waals surface area (Å²) >= 11 is 5.83. The van der Waals surface area contributed by atoms with E-state index in [1.165, 1.54) is 6.92 Å². The number of hydrogen-bond acceptors (Lipinski definition) is 4. The van der Waals surface area contributed by atoms with Crippen LogP contribution in [0.4, 0.5) is 4.79 Å². The molecule has 1 aromatic carbocycles. The van der Waals surface area contributed by atoms with Crippen LogP contribution in [0.25, 0.3) is 0 Å². The van der Waals surface area contributed by atoms with Gasteiger partial charge in [0.05, 0.1) is 0 Å². The number of hydrogen-bond donors (Lipinski definition) is 2. The normalized spacial score (nSPS) is 13.7. The molecule has 1 aromatic rings. The minimum atomic E-state index is -1.25. The lowest BCUT2D eigenvalue weighted by Gasteiger charge is -2.24. The predicted molar refractivity (Wildman–Crippen MR) is 90.3 cm³/mol. The van der Waals surface area contributed by atoms with Crippen LogP contribution >= 0.6 is 11.6 Å². The van der Waals surface area contributed by atoms with Crippen LogP contribution in [0.15, 0.2) is 24.3 Å². The molecule has 0 aromatic heterocycles. The number of benzene rings is 1. The van der Waals surface area contributed by atoms with E-state index in [-0.39, 0.29) is 12.2 Å². The van der Waals surface area contributed by atoms with E-state index in [0.717, 1.165) is 0 Å². The van der Waals surface area contributed by atoms with E-state index in [2.05, 4.69) is 5.32 Å². The maximum absolute atomic E-state index is 11.9. The zero-order valence-electron chi connectivity index (χ0n) is 14.1. The maximum atomic E-state index is 11.9. The topological polar surface area (TPSA) is 92.7 Å². The predicted octanol–water partition coefficient (Wildman–Crippen LogP) is 3.38. The Morgan fingerprint density at radius 1 is 1.21 bits per heavy atom. The SMILES string of the molecule is CC(=O)C(CC(NC(=O)OC(C)(C)C)C(=O)O)c1ccc(Cl)cc1. The smallest absolute Gasteiger partial charge is 0.408 e. The van der Waals surface area contributed by atoms with Crippen molar-refractivity contribution in [1.82, 2.24) is 5.32 Å². The number of carbonyl (C=O) groups excluding carboxylic acids is 2. The molecule has 0 radical (unpaired) electrons. The summed E-state index contributed by atoms with van der Waals surface area (Å²) in [6, 6.07) is 5.35. The van der Waals surface area contributed by atoms with Gasteiger partial charge < -0.3 is 15.2 Å². The number of alkyl carbamates (subject to hydrolysis) is 1. The molecule has 2 atom stereocenters. The summed E-state index contributed by atoms with van der Waals surface area (Å²) in [4.78, 5) is 35.2. The van der Waals surface area contributed by atoms with Gasteiger partial charge in [0, 0.05) is 10.9 Å². The van der Waals surface area contributed by atoms with Crippen molar-refractivity contribution in [3.05, 3.63) is 34.9 Å². The highest BCUT2D eigenvalue weighted by atomic mass is 35.5. The molecule has 0 fully saturated rings. The van der Waals surface area contributed by atoms with Gasteiger partial charge in [-0.15, -0.1) is 0 Å². The summed E-state index contributed by atoms with van der Waals surface area (Å²) in [5.74, 6) is -2.10. The number of ether oxygens (including phenoxy) is 1. The number of carboxylic acids is 1. The van der Waals surface area contributed by atoms with Crippen LogP contribution in [0.3, 0.4) is 0 Å². The first-order valence-electron chi connectivity index (χ1n) is 7.48. The van der Waals surface area contributed by atoms with Gasteiger partial charge >= 0.3 is 12.1 Å². The third-order valence-corrected chi connectivity index (χ3v) is 3.48. The Hall–Kier alpha value is -2.08. The van der Waals surface area contributed by atoms with E-state index in [1.807, 2.05) is 0 Å². The van der Waals surface area contributed by atoms with Gasteiger partial charge in [-0.25, -0.2) is 9.59 Å².